The third-order valence-corrected chi connectivity index (χ3v) is 5.87. The van der Waals surface area contributed by atoms with Gasteiger partial charge in [0.2, 0.25) is 11.7 Å². The molecule has 1 aliphatic rings. The second kappa shape index (κ2) is 8.17. The lowest BCUT2D eigenvalue weighted by Crippen LogP contribution is -2.15. The molecule has 0 radical (unpaired) electrons. The molecule has 2 unspecified atom stereocenters. The van der Waals surface area contributed by atoms with Gasteiger partial charge in [-0.05, 0) is 66.4 Å². The van der Waals surface area contributed by atoms with E-state index in [1.54, 1.807) is 12.1 Å². The fraction of sp³-hybridized carbons (Fsp3) is 0.125. The molecule has 1 aromatic heterocycles. The fourth-order valence-corrected chi connectivity index (χ4v) is 3.87. The number of aromatic nitrogens is 2. The van der Waals surface area contributed by atoms with E-state index in [4.69, 9.17) is 27.7 Å². The Bertz CT molecular complexity index is 1240. The van der Waals surface area contributed by atoms with Crippen molar-refractivity contribution in [1.29, 1.82) is 0 Å². The van der Waals surface area contributed by atoms with E-state index in [9.17, 15) is 4.79 Å². The third kappa shape index (κ3) is 4.20. The number of hydrogen-bond donors (Lipinski definition) is 1. The summed E-state index contributed by atoms with van der Waals surface area (Å²) >= 11 is 11.9. The number of rotatable bonds is 5. The third-order valence-electron chi connectivity index (χ3n) is 5.37. The highest BCUT2D eigenvalue weighted by atomic mass is 35.5. The molecule has 1 heterocycles. The number of carbonyl (C=O) groups is 1. The minimum atomic E-state index is -0.0680. The van der Waals surface area contributed by atoms with Gasteiger partial charge in [0.15, 0.2) is 0 Å². The van der Waals surface area contributed by atoms with Crippen LogP contribution in [0.4, 0.5) is 5.69 Å². The van der Waals surface area contributed by atoms with Crippen LogP contribution >= 0.6 is 23.2 Å². The first-order chi connectivity index (χ1) is 15.1. The Balaban J connectivity index is 1.34. The van der Waals surface area contributed by atoms with Crippen LogP contribution in [0.15, 0.2) is 77.3 Å². The number of carbonyl (C=O) groups excluding carboxylic acids is 1. The smallest absolute Gasteiger partial charge is 0.260 e. The zero-order valence-electron chi connectivity index (χ0n) is 16.3. The van der Waals surface area contributed by atoms with Gasteiger partial charge in [-0.15, -0.1) is 0 Å². The molecule has 154 valence electrons. The van der Waals surface area contributed by atoms with Gasteiger partial charge in [0.1, 0.15) is 0 Å². The average molecular weight is 450 g/mol. The van der Waals surface area contributed by atoms with Crippen molar-refractivity contribution < 1.29 is 9.32 Å². The lowest BCUT2D eigenvalue weighted by Gasteiger charge is -2.08. The van der Waals surface area contributed by atoms with Crippen LogP contribution in [0, 0.1) is 5.92 Å². The highest BCUT2D eigenvalue weighted by Crippen LogP contribution is 2.48. The van der Waals surface area contributed by atoms with Crippen molar-refractivity contribution in [2.75, 3.05) is 5.32 Å². The number of hydrogen-bond acceptors (Lipinski definition) is 4. The zero-order valence-corrected chi connectivity index (χ0v) is 17.8. The largest absolute Gasteiger partial charge is 0.334 e. The first-order valence-electron chi connectivity index (χ1n) is 9.84. The zero-order chi connectivity index (χ0) is 21.4. The standard InChI is InChI=1S/C24H17Cl2N3O2/c25-16-9-5-14(6-10-16)19-13-20(19)23(30)27-21-4-2-1-3-18(21)24-28-22(29-31-24)15-7-11-17(26)12-8-15/h1-12,19-20H,13H2,(H,27,30). The molecule has 2 atom stereocenters. The molecule has 0 saturated heterocycles. The van der Waals surface area contributed by atoms with Gasteiger partial charge in [-0.25, -0.2) is 0 Å². The van der Waals surface area contributed by atoms with Crippen LogP contribution in [0.25, 0.3) is 22.8 Å². The average Bonchev–Trinajstić information content (AvgIpc) is 3.44. The maximum absolute atomic E-state index is 12.9. The van der Waals surface area contributed by atoms with Crippen LogP contribution in [0.5, 0.6) is 0 Å². The van der Waals surface area contributed by atoms with E-state index in [-0.39, 0.29) is 17.7 Å². The predicted molar refractivity (Wildman–Crippen MR) is 121 cm³/mol. The first kappa shape index (κ1) is 19.8. The first-order valence-corrected chi connectivity index (χ1v) is 10.6. The maximum atomic E-state index is 12.9. The van der Waals surface area contributed by atoms with Gasteiger partial charge in [-0.3, -0.25) is 4.79 Å². The Labute approximate surface area is 189 Å². The second-order valence-electron chi connectivity index (χ2n) is 7.47. The highest BCUT2D eigenvalue weighted by molar-refractivity contribution is 6.30. The van der Waals surface area contributed by atoms with Gasteiger partial charge in [0, 0.05) is 21.5 Å². The molecule has 31 heavy (non-hydrogen) atoms. The number of anilines is 1. The minimum Gasteiger partial charge on any atom is -0.334 e. The molecule has 1 N–H and O–H groups in total. The molecule has 1 amide bonds. The summed E-state index contributed by atoms with van der Waals surface area (Å²) in [6.07, 6.45) is 0.816. The van der Waals surface area contributed by atoms with Crippen molar-refractivity contribution >= 4 is 34.8 Å². The van der Waals surface area contributed by atoms with Crippen LogP contribution < -0.4 is 5.32 Å². The van der Waals surface area contributed by atoms with Gasteiger partial charge in [0.25, 0.3) is 5.89 Å². The summed E-state index contributed by atoms with van der Waals surface area (Å²) in [4.78, 5) is 17.3. The summed E-state index contributed by atoms with van der Waals surface area (Å²) in [5.74, 6) is 0.916. The molecule has 0 aliphatic heterocycles. The predicted octanol–water partition coefficient (Wildman–Crippen LogP) is 6.45. The molecule has 3 aromatic carbocycles. The molecule has 7 heteroatoms. The van der Waals surface area contributed by atoms with Crippen molar-refractivity contribution in [3.05, 3.63) is 88.4 Å². The van der Waals surface area contributed by atoms with Crippen LogP contribution in [-0.4, -0.2) is 16.0 Å². The van der Waals surface area contributed by atoms with Crippen molar-refractivity contribution in [2.24, 2.45) is 5.92 Å². The molecule has 4 aromatic rings. The molecule has 0 spiro atoms. The number of benzene rings is 3. The Morgan fingerprint density at radius 1 is 0.935 bits per heavy atom. The van der Waals surface area contributed by atoms with Crippen LogP contribution in [0.1, 0.15) is 17.9 Å². The Hall–Kier alpha value is -3.15. The van der Waals surface area contributed by atoms with Crippen molar-refractivity contribution in [3.8, 4) is 22.8 Å². The molecule has 1 aliphatic carbocycles. The van der Waals surface area contributed by atoms with E-state index < -0.39 is 0 Å². The van der Waals surface area contributed by atoms with Crippen molar-refractivity contribution in [3.63, 3.8) is 0 Å². The summed E-state index contributed by atoms with van der Waals surface area (Å²) in [5.41, 5.74) is 3.24. The normalized spacial score (nSPS) is 17.4. The highest BCUT2D eigenvalue weighted by Gasteiger charge is 2.44. The maximum Gasteiger partial charge on any atom is 0.260 e. The summed E-state index contributed by atoms with van der Waals surface area (Å²) in [7, 11) is 0. The summed E-state index contributed by atoms with van der Waals surface area (Å²) in [5, 5.41) is 8.42. The summed E-state index contributed by atoms with van der Waals surface area (Å²) < 4.78 is 5.48. The van der Waals surface area contributed by atoms with Gasteiger partial charge in [-0.2, -0.15) is 4.98 Å². The van der Waals surface area contributed by atoms with Crippen LogP contribution in [0.3, 0.4) is 0 Å². The molecule has 5 nitrogen and oxygen atoms in total. The lowest BCUT2D eigenvalue weighted by atomic mass is 10.1. The molecule has 0 bridgehead atoms. The van der Waals surface area contributed by atoms with Gasteiger partial charge in [0.05, 0.1) is 11.3 Å². The van der Waals surface area contributed by atoms with Crippen LogP contribution in [-0.2, 0) is 4.79 Å². The number of nitrogens with zero attached hydrogens (tertiary/aromatic N) is 2. The van der Waals surface area contributed by atoms with E-state index in [0.29, 0.717) is 33.0 Å². The van der Waals surface area contributed by atoms with Crippen LogP contribution in [0.2, 0.25) is 10.0 Å². The molecule has 5 rings (SSSR count). The van der Waals surface area contributed by atoms with E-state index in [1.165, 1.54) is 0 Å². The Morgan fingerprint density at radius 2 is 1.61 bits per heavy atom. The van der Waals surface area contributed by atoms with E-state index in [2.05, 4.69) is 15.5 Å². The minimum absolute atomic E-state index is 0.0233. The topological polar surface area (TPSA) is 68.0 Å². The second-order valence-corrected chi connectivity index (χ2v) is 8.34. The Kier molecular flexibility index (Phi) is 5.22. The summed E-state index contributed by atoms with van der Waals surface area (Å²) in [6, 6.07) is 22.3. The number of nitrogens with one attached hydrogen (secondary N) is 1. The number of amides is 1. The number of halogens is 2. The Morgan fingerprint density at radius 3 is 2.35 bits per heavy atom. The summed E-state index contributed by atoms with van der Waals surface area (Å²) in [6.45, 7) is 0. The molecular weight excluding hydrogens is 433 g/mol. The van der Waals surface area contributed by atoms with E-state index in [0.717, 1.165) is 17.5 Å². The van der Waals surface area contributed by atoms with Crippen molar-refractivity contribution in [1.82, 2.24) is 10.1 Å². The molecule has 1 saturated carbocycles. The fourth-order valence-electron chi connectivity index (χ4n) is 3.62. The SMILES string of the molecule is O=C(Nc1ccccc1-c1nc(-c2ccc(Cl)cc2)no1)C1CC1c1ccc(Cl)cc1. The lowest BCUT2D eigenvalue weighted by molar-refractivity contribution is -0.117. The van der Waals surface area contributed by atoms with E-state index >= 15 is 0 Å². The monoisotopic (exact) mass is 449 g/mol. The van der Waals surface area contributed by atoms with Gasteiger partial charge >= 0.3 is 0 Å². The van der Waals surface area contributed by atoms with Crippen molar-refractivity contribution in [2.45, 2.75) is 12.3 Å². The van der Waals surface area contributed by atoms with Gasteiger partial charge < -0.3 is 9.84 Å². The van der Waals surface area contributed by atoms with Gasteiger partial charge in [-0.1, -0.05) is 52.6 Å². The number of para-hydroxylation sites is 1. The molecule has 1 fully saturated rings. The quantitative estimate of drug-likeness (QED) is 0.379. The molecular formula is C24H17Cl2N3O2. The van der Waals surface area contributed by atoms with E-state index in [1.807, 2.05) is 60.7 Å².